The van der Waals surface area contributed by atoms with Crippen LogP contribution in [0.25, 0.3) is 11.3 Å². The molecule has 0 saturated heterocycles. The van der Waals surface area contributed by atoms with E-state index in [0.717, 1.165) is 11.3 Å². The third kappa shape index (κ3) is 2.68. The lowest BCUT2D eigenvalue weighted by Gasteiger charge is -2.06. The number of methoxy groups -OCH3 is 1. The van der Waals surface area contributed by atoms with Gasteiger partial charge in [-0.25, -0.2) is 9.97 Å². The van der Waals surface area contributed by atoms with Crippen LogP contribution < -0.4 is 4.74 Å². The van der Waals surface area contributed by atoms with Crippen LogP contribution in [-0.4, -0.2) is 17.1 Å². The molecule has 1 aromatic carbocycles. The molecule has 0 fully saturated rings. The van der Waals surface area contributed by atoms with Crippen molar-refractivity contribution < 1.29 is 4.74 Å². The van der Waals surface area contributed by atoms with Crippen LogP contribution >= 0.6 is 23.2 Å². The zero-order valence-electron chi connectivity index (χ0n) is 9.15. The van der Waals surface area contributed by atoms with Crippen molar-refractivity contribution in [3.63, 3.8) is 0 Å². The predicted octanol–water partition coefficient (Wildman–Crippen LogP) is 3.54. The van der Waals surface area contributed by atoms with Gasteiger partial charge in [0.1, 0.15) is 11.6 Å². The average molecular weight is 269 g/mol. The Labute approximate surface area is 109 Å². The van der Waals surface area contributed by atoms with E-state index in [9.17, 15) is 0 Å². The van der Waals surface area contributed by atoms with Gasteiger partial charge >= 0.3 is 0 Å². The Morgan fingerprint density at radius 1 is 1.29 bits per heavy atom. The van der Waals surface area contributed by atoms with Gasteiger partial charge in [0.2, 0.25) is 0 Å². The van der Waals surface area contributed by atoms with Gasteiger partial charge in [-0.1, -0.05) is 11.6 Å². The number of halogens is 2. The first-order valence-electron chi connectivity index (χ1n) is 4.96. The highest BCUT2D eigenvalue weighted by Gasteiger charge is 2.05. The number of rotatable bonds is 3. The Hall–Kier alpha value is -1.32. The highest BCUT2D eigenvalue weighted by atomic mass is 35.5. The van der Waals surface area contributed by atoms with Crippen molar-refractivity contribution in [2.45, 2.75) is 5.88 Å². The fourth-order valence-corrected chi connectivity index (χ4v) is 1.84. The van der Waals surface area contributed by atoms with E-state index in [1.54, 1.807) is 25.4 Å². The Balaban J connectivity index is 2.42. The molecule has 0 radical (unpaired) electrons. The van der Waals surface area contributed by atoms with E-state index >= 15 is 0 Å². The summed E-state index contributed by atoms with van der Waals surface area (Å²) in [5.74, 6) is 1.52. The van der Waals surface area contributed by atoms with Gasteiger partial charge in [-0.15, -0.1) is 11.6 Å². The first-order chi connectivity index (χ1) is 8.24. The molecule has 0 aliphatic carbocycles. The minimum absolute atomic E-state index is 0.289. The van der Waals surface area contributed by atoms with Gasteiger partial charge in [-0.05, 0) is 24.3 Å². The van der Waals surface area contributed by atoms with Crippen molar-refractivity contribution in [1.82, 2.24) is 9.97 Å². The monoisotopic (exact) mass is 268 g/mol. The third-order valence-corrected chi connectivity index (χ3v) is 2.81. The molecule has 3 nitrogen and oxygen atoms in total. The molecule has 2 aromatic rings. The van der Waals surface area contributed by atoms with Crippen LogP contribution in [0.1, 0.15) is 5.82 Å². The predicted molar refractivity (Wildman–Crippen MR) is 68.6 cm³/mol. The van der Waals surface area contributed by atoms with E-state index in [1.165, 1.54) is 0 Å². The van der Waals surface area contributed by atoms with Gasteiger partial charge in [0.25, 0.3) is 0 Å². The van der Waals surface area contributed by atoms with Crippen molar-refractivity contribution in [3.8, 4) is 17.0 Å². The number of hydrogen-bond donors (Lipinski definition) is 0. The Morgan fingerprint density at radius 3 is 2.76 bits per heavy atom. The molecule has 0 saturated carbocycles. The Morgan fingerprint density at radius 2 is 2.12 bits per heavy atom. The molecule has 5 heteroatoms. The largest absolute Gasteiger partial charge is 0.495 e. The highest BCUT2D eigenvalue weighted by Crippen LogP contribution is 2.29. The van der Waals surface area contributed by atoms with E-state index in [2.05, 4.69) is 9.97 Å². The molecule has 0 aliphatic heterocycles. The van der Waals surface area contributed by atoms with E-state index in [-0.39, 0.29) is 5.88 Å². The Bertz CT molecular complexity index is 532. The number of nitrogens with zero attached hydrogens (tertiary/aromatic N) is 2. The molecule has 17 heavy (non-hydrogen) atoms. The van der Waals surface area contributed by atoms with E-state index in [0.29, 0.717) is 16.6 Å². The molecule has 88 valence electrons. The summed E-state index contributed by atoms with van der Waals surface area (Å²) in [6.45, 7) is 0. The molecule has 2 rings (SSSR count). The number of aromatic nitrogens is 2. The van der Waals surface area contributed by atoms with Crippen LogP contribution in [0.15, 0.2) is 30.5 Å². The van der Waals surface area contributed by atoms with Crippen LogP contribution in [0, 0.1) is 0 Å². The summed E-state index contributed by atoms with van der Waals surface area (Å²) in [6, 6.07) is 7.32. The molecule has 1 aromatic heterocycles. The maximum absolute atomic E-state index is 6.06. The molecule has 0 unspecified atom stereocenters. The van der Waals surface area contributed by atoms with Gasteiger partial charge in [0.05, 0.1) is 23.7 Å². The summed E-state index contributed by atoms with van der Waals surface area (Å²) in [6.07, 6.45) is 1.68. The molecule has 0 spiro atoms. The highest BCUT2D eigenvalue weighted by molar-refractivity contribution is 6.32. The molecule has 0 aliphatic rings. The topological polar surface area (TPSA) is 35.0 Å². The van der Waals surface area contributed by atoms with Crippen LogP contribution in [-0.2, 0) is 5.88 Å². The maximum Gasteiger partial charge on any atom is 0.143 e. The van der Waals surface area contributed by atoms with Crippen LogP contribution in [0.5, 0.6) is 5.75 Å². The lowest BCUT2D eigenvalue weighted by molar-refractivity contribution is 0.415. The van der Waals surface area contributed by atoms with Crippen LogP contribution in [0.2, 0.25) is 5.02 Å². The molecule has 1 heterocycles. The molecule has 0 N–H and O–H groups in total. The lowest BCUT2D eigenvalue weighted by Crippen LogP contribution is -1.93. The smallest absolute Gasteiger partial charge is 0.143 e. The van der Waals surface area contributed by atoms with E-state index in [1.807, 2.05) is 12.1 Å². The van der Waals surface area contributed by atoms with Crippen molar-refractivity contribution in [2.75, 3.05) is 7.11 Å². The number of alkyl halides is 1. The Kier molecular flexibility index (Phi) is 3.82. The number of hydrogen-bond acceptors (Lipinski definition) is 3. The number of ether oxygens (including phenoxy) is 1. The third-order valence-electron chi connectivity index (χ3n) is 2.27. The van der Waals surface area contributed by atoms with Crippen LogP contribution in [0.4, 0.5) is 0 Å². The fourth-order valence-electron chi connectivity index (χ4n) is 1.45. The summed E-state index contributed by atoms with van der Waals surface area (Å²) in [7, 11) is 1.58. The van der Waals surface area contributed by atoms with E-state index < -0.39 is 0 Å². The lowest BCUT2D eigenvalue weighted by atomic mass is 10.1. The summed E-state index contributed by atoms with van der Waals surface area (Å²) >= 11 is 11.8. The summed E-state index contributed by atoms with van der Waals surface area (Å²) in [5.41, 5.74) is 1.70. The van der Waals surface area contributed by atoms with Crippen LogP contribution in [0.3, 0.4) is 0 Å². The molecule has 0 atom stereocenters. The zero-order valence-corrected chi connectivity index (χ0v) is 10.7. The number of benzene rings is 1. The van der Waals surface area contributed by atoms with Gasteiger partial charge in [-0.2, -0.15) is 0 Å². The second kappa shape index (κ2) is 5.34. The standard InChI is InChI=1S/C12H10Cl2N2O/c1-17-11-3-2-8(6-9(11)14)10-4-5-15-12(7-13)16-10/h2-6H,7H2,1H3. The summed E-state index contributed by atoms with van der Waals surface area (Å²) < 4.78 is 5.09. The van der Waals surface area contributed by atoms with Gasteiger partial charge in [0.15, 0.2) is 0 Å². The second-order valence-corrected chi connectivity index (χ2v) is 4.02. The second-order valence-electron chi connectivity index (χ2n) is 3.34. The van der Waals surface area contributed by atoms with E-state index in [4.69, 9.17) is 27.9 Å². The SMILES string of the molecule is COc1ccc(-c2ccnc(CCl)n2)cc1Cl. The summed E-state index contributed by atoms with van der Waals surface area (Å²) in [4.78, 5) is 8.35. The molecule has 0 bridgehead atoms. The quantitative estimate of drug-likeness (QED) is 0.799. The average Bonchev–Trinajstić information content (AvgIpc) is 2.38. The normalized spacial score (nSPS) is 10.3. The zero-order chi connectivity index (χ0) is 12.3. The fraction of sp³-hybridized carbons (Fsp3) is 0.167. The first kappa shape index (κ1) is 12.1. The van der Waals surface area contributed by atoms with Gasteiger partial charge < -0.3 is 4.74 Å². The van der Waals surface area contributed by atoms with Gasteiger partial charge in [-0.3, -0.25) is 0 Å². The van der Waals surface area contributed by atoms with Crippen molar-refractivity contribution in [1.29, 1.82) is 0 Å². The first-order valence-corrected chi connectivity index (χ1v) is 5.87. The maximum atomic E-state index is 6.06. The molecular formula is C12H10Cl2N2O. The molecular weight excluding hydrogens is 259 g/mol. The van der Waals surface area contributed by atoms with Gasteiger partial charge in [0, 0.05) is 11.8 Å². The van der Waals surface area contributed by atoms with Crippen molar-refractivity contribution >= 4 is 23.2 Å². The van der Waals surface area contributed by atoms with Crippen molar-refractivity contribution in [2.24, 2.45) is 0 Å². The minimum Gasteiger partial charge on any atom is -0.495 e. The minimum atomic E-state index is 0.289. The molecule has 0 amide bonds. The van der Waals surface area contributed by atoms with Crippen molar-refractivity contribution in [3.05, 3.63) is 41.3 Å². The summed E-state index contributed by atoms with van der Waals surface area (Å²) in [5, 5.41) is 0.552.